The molecule has 0 saturated carbocycles. The van der Waals surface area contributed by atoms with Crippen molar-refractivity contribution in [2.45, 2.75) is 74.5 Å². The van der Waals surface area contributed by atoms with Crippen LogP contribution in [-0.4, -0.2) is 116 Å². The van der Waals surface area contributed by atoms with Crippen LogP contribution in [0.2, 0.25) is 0 Å². The van der Waals surface area contributed by atoms with Gasteiger partial charge in [-0.05, 0) is 143 Å². The van der Waals surface area contributed by atoms with Crippen LogP contribution < -0.4 is 30.5 Å². The molecule has 0 radical (unpaired) electrons. The molecule has 1 aliphatic rings. The van der Waals surface area contributed by atoms with E-state index in [1.54, 1.807) is 14.2 Å². The first kappa shape index (κ1) is 62.1. The van der Waals surface area contributed by atoms with Gasteiger partial charge in [0.25, 0.3) is 0 Å². The number of ether oxygens (including phenoxy) is 3. The second kappa shape index (κ2) is 34.2. The van der Waals surface area contributed by atoms with Gasteiger partial charge in [-0.25, -0.2) is 9.97 Å². The summed E-state index contributed by atoms with van der Waals surface area (Å²) >= 11 is 0. The summed E-state index contributed by atoms with van der Waals surface area (Å²) < 4.78 is 28.8. The average Bonchev–Trinajstić information content (AvgIpc) is 3.55. The Balaban J connectivity index is 0.00000267. The Morgan fingerprint density at radius 2 is 0.779 bits per heavy atom. The first-order chi connectivity index (χ1) is 37.6. The Bertz CT molecular complexity index is 2930. The zero-order valence-corrected chi connectivity index (χ0v) is 50.2. The molecule has 3 unspecified atom stereocenters. The molecule has 1 saturated heterocycles. The van der Waals surface area contributed by atoms with Crippen LogP contribution in [0.15, 0.2) is 109 Å². The molecule has 11 nitrogen and oxygen atoms in total. The minimum Gasteiger partial charge on any atom is -0.497 e. The van der Waals surface area contributed by atoms with Gasteiger partial charge in [-0.1, -0.05) is 79.4 Å². The second-order valence-corrected chi connectivity index (χ2v) is 21.4. The number of hydrogen-bond acceptors (Lipinski definition) is 11. The van der Waals surface area contributed by atoms with Crippen LogP contribution in [0.3, 0.4) is 0 Å². The Morgan fingerprint density at radius 1 is 0.455 bits per heavy atom. The molecular weight excluding hydrogens is 1010 g/mol. The SMILES string of the molecule is CC.CC.CCCOc1ccc(C#Cc2cc(CN3CCN(Cc4cc(C#Cc5ccc(OC)cc5)cc(P)n4)CCN(Cc4cc(C#Cc5ccc(OC)cc5)cc(P(C)OCC)n4)CC3)nc(P(C)OCC)c2)cc1. The number of nitrogens with zero attached hydrogens (tertiary/aromatic N) is 6. The topological polar surface area (TPSA) is 94.5 Å². The number of rotatable bonds is 17. The summed E-state index contributed by atoms with van der Waals surface area (Å²) in [4.78, 5) is 23.0. The van der Waals surface area contributed by atoms with Crippen molar-refractivity contribution < 1.29 is 23.3 Å². The lowest BCUT2D eigenvalue weighted by molar-refractivity contribution is 0.207. The van der Waals surface area contributed by atoms with E-state index >= 15 is 0 Å². The summed E-state index contributed by atoms with van der Waals surface area (Å²) in [6.07, 6.45) is 0.962. The molecule has 6 aromatic rings. The first-order valence-electron chi connectivity index (χ1n) is 26.8. The third-order valence-electron chi connectivity index (χ3n) is 11.8. The fraction of sp³-hybridized carbons (Fsp3) is 0.381. The lowest BCUT2D eigenvalue weighted by atomic mass is 10.1. The molecule has 14 heteroatoms. The molecule has 3 aromatic carbocycles. The molecule has 0 amide bonds. The van der Waals surface area contributed by atoms with Gasteiger partial charge in [0.2, 0.25) is 0 Å². The molecule has 1 fully saturated rings. The van der Waals surface area contributed by atoms with Gasteiger partial charge in [0.1, 0.15) is 17.2 Å². The molecule has 0 N–H and O–H groups in total. The van der Waals surface area contributed by atoms with Gasteiger partial charge in [0.15, 0.2) is 0 Å². The quantitative estimate of drug-likeness (QED) is 0.0646. The summed E-state index contributed by atoms with van der Waals surface area (Å²) in [5, 5.41) is 0. The van der Waals surface area contributed by atoms with Crippen molar-refractivity contribution in [3.05, 3.63) is 160 Å². The highest BCUT2D eigenvalue weighted by Gasteiger charge is 2.21. The van der Waals surface area contributed by atoms with Gasteiger partial charge in [0, 0.05) is 105 Å². The van der Waals surface area contributed by atoms with Gasteiger partial charge < -0.3 is 23.3 Å². The Kier molecular flexibility index (Phi) is 27.6. The van der Waals surface area contributed by atoms with E-state index in [9.17, 15) is 0 Å². The highest BCUT2D eigenvalue weighted by atomic mass is 31.1. The van der Waals surface area contributed by atoms with E-state index in [0.29, 0.717) is 39.5 Å². The fourth-order valence-electron chi connectivity index (χ4n) is 8.04. The summed E-state index contributed by atoms with van der Waals surface area (Å²) in [6.45, 7) is 27.3. The molecule has 77 heavy (non-hydrogen) atoms. The van der Waals surface area contributed by atoms with E-state index in [0.717, 1.165) is 130 Å². The van der Waals surface area contributed by atoms with Gasteiger partial charge >= 0.3 is 0 Å². The van der Waals surface area contributed by atoms with Crippen LogP contribution in [0.1, 0.15) is 105 Å². The largest absolute Gasteiger partial charge is 0.497 e. The average molecular weight is 1090 g/mol. The molecule has 0 bridgehead atoms. The van der Waals surface area contributed by atoms with Gasteiger partial charge in [0.05, 0.1) is 70.5 Å². The van der Waals surface area contributed by atoms with Crippen LogP contribution in [0.5, 0.6) is 17.2 Å². The zero-order valence-electron chi connectivity index (χ0n) is 47.3. The molecule has 0 spiro atoms. The van der Waals surface area contributed by atoms with Crippen LogP contribution in [0.25, 0.3) is 0 Å². The number of benzene rings is 3. The maximum atomic E-state index is 6.15. The lowest BCUT2D eigenvalue weighted by Gasteiger charge is -2.26. The molecule has 7 rings (SSSR count). The number of methoxy groups -OCH3 is 2. The highest BCUT2D eigenvalue weighted by Crippen LogP contribution is 2.31. The van der Waals surface area contributed by atoms with Crippen LogP contribution >= 0.6 is 25.5 Å². The number of aromatic nitrogens is 3. The highest BCUT2D eigenvalue weighted by molar-refractivity contribution is 7.60. The number of hydrogen-bond donors (Lipinski definition) is 0. The summed E-state index contributed by atoms with van der Waals surface area (Å²) in [7, 11) is 4.26. The van der Waals surface area contributed by atoms with Crippen LogP contribution in [0, 0.1) is 35.5 Å². The molecule has 0 aliphatic carbocycles. The number of pyridine rings is 3. The molecule has 3 aromatic heterocycles. The Morgan fingerprint density at radius 3 is 1.12 bits per heavy atom. The van der Waals surface area contributed by atoms with Crippen LogP contribution in [-0.2, 0) is 28.7 Å². The third kappa shape index (κ3) is 21.2. The lowest BCUT2D eigenvalue weighted by Crippen LogP contribution is -2.36. The van der Waals surface area contributed by atoms with Crippen LogP contribution in [0.4, 0.5) is 0 Å². The predicted molar refractivity (Wildman–Crippen MR) is 325 cm³/mol. The van der Waals surface area contributed by atoms with Gasteiger partial charge in [-0.15, -0.1) is 0 Å². The zero-order chi connectivity index (χ0) is 55.4. The summed E-state index contributed by atoms with van der Waals surface area (Å²) in [6, 6.07) is 36.2. The van der Waals surface area contributed by atoms with E-state index in [4.69, 9.17) is 38.2 Å². The summed E-state index contributed by atoms with van der Waals surface area (Å²) in [5.74, 6) is 22.8. The molecule has 3 atom stereocenters. The molecule has 4 heterocycles. The summed E-state index contributed by atoms with van der Waals surface area (Å²) in [5.41, 5.74) is 11.1. The standard InChI is InChI=1S/C59H67N6O5P3.2C2H6/c1-8-35-68-56-27-21-47(22-28-56)13-16-50-38-53(62-59(41-50)73(7)70-10-3)44-65-32-30-63(42-51-36-48(39-57(71)60-51)14-11-45-17-23-54(66-4)24-18-45)29-31-64(33-34-65)43-52-37-49(40-58(61-52)72(6)69-9-2)15-12-46-19-25-55(67-5)26-20-46;2*1-2/h17-28,36-41H,8-10,29-35,42-44,71H2,1-7H3;2*1-2H3. The Labute approximate surface area is 466 Å². The Hall–Kier alpha value is -5.72. The van der Waals surface area contributed by atoms with Crippen molar-refractivity contribution >= 4 is 41.8 Å². The van der Waals surface area contributed by atoms with Gasteiger partial charge in [-0.3, -0.25) is 19.7 Å². The molecule has 406 valence electrons. The van der Waals surface area contributed by atoms with Crippen molar-refractivity contribution in [2.24, 2.45) is 0 Å². The third-order valence-corrected chi connectivity index (χ3v) is 15.2. The maximum absolute atomic E-state index is 6.15. The van der Waals surface area contributed by atoms with Crippen molar-refractivity contribution in [3.8, 4) is 52.8 Å². The van der Waals surface area contributed by atoms with E-state index in [-0.39, 0.29) is 0 Å². The normalized spacial score (nSPS) is 13.6. The minimum atomic E-state index is -0.930. The molecular formula is C63H79N6O5P3. The predicted octanol–water partition coefficient (Wildman–Crippen LogP) is 10.6. The monoisotopic (exact) mass is 1090 g/mol. The smallest absolute Gasteiger partial charge is 0.119 e. The van der Waals surface area contributed by atoms with Crippen molar-refractivity contribution in [3.63, 3.8) is 0 Å². The van der Waals surface area contributed by atoms with E-state index < -0.39 is 16.3 Å². The van der Waals surface area contributed by atoms with Crippen molar-refractivity contribution in [1.29, 1.82) is 0 Å². The maximum Gasteiger partial charge on any atom is 0.119 e. The van der Waals surface area contributed by atoms with Crippen molar-refractivity contribution in [2.75, 3.05) is 86.6 Å². The van der Waals surface area contributed by atoms with Gasteiger partial charge in [-0.2, -0.15) is 0 Å². The van der Waals surface area contributed by atoms with E-state index in [1.807, 2.05) is 120 Å². The fourth-order valence-corrected chi connectivity index (χ4v) is 10.6. The van der Waals surface area contributed by atoms with E-state index in [2.05, 4.69) is 110 Å². The first-order valence-corrected chi connectivity index (χ1v) is 30.8. The second-order valence-electron chi connectivity index (χ2n) is 17.4. The van der Waals surface area contributed by atoms with Crippen molar-refractivity contribution in [1.82, 2.24) is 29.7 Å². The molecule has 1 aliphatic heterocycles. The minimum absolute atomic E-state index is 0.615. The van der Waals surface area contributed by atoms with E-state index in [1.165, 1.54) is 0 Å².